The molecule has 5 heteroatoms. The van der Waals surface area contributed by atoms with Crippen LogP contribution in [0.2, 0.25) is 0 Å². The average Bonchev–Trinajstić information content (AvgIpc) is 3.52. The number of hydrogen-bond donors (Lipinski definition) is 0. The van der Waals surface area contributed by atoms with Crippen LogP contribution in [-0.2, 0) is 21.7 Å². The summed E-state index contributed by atoms with van der Waals surface area (Å²) < 4.78 is 0. The van der Waals surface area contributed by atoms with Crippen molar-refractivity contribution in [1.29, 1.82) is 0 Å². The van der Waals surface area contributed by atoms with Gasteiger partial charge in [-0.1, -0.05) is 210 Å². The van der Waals surface area contributed by atoms with Crippen LogP contribution >= 0.6 is 0 Å². The molecule has 0 spiro atoms. The van der Waals surface area contributed by atoms with E-state index in [1.54, 1.807) is 0 Å². The van der Waals surface area contributed by atoms with Gasteiger partial charge in [-0.05, 0) is 175 Å². The molecule has 0 amide bonds. The molecule has 0 aromatic heterocycles. The predicted molar refractivity (Wildman–Crippen MR) is 350 cm³/mol. The Kier molecular flexibility index (Phi) is 13.3. The van der Waals surface area contributed by atoms with Crippen molar-refractivity contribution in [3.8, 4) is 11.1 Å². The number of rotatable bonds is 9. The molecule has 81 heavy (non-hydrogen) atoms. The minimum Gasteiger partial charge on any atom is -0.311 e. The maximum atomic E-state index is 2.62. The molecular formula is C76H75BN4. The Labute approximate surface area is 483 Å². The van der Waals surface area contributed by atoms with Crippen molar-refractivity contribution in [1.82, 2.24) is 0 Å². The summed E-state index contributed by atoms with van der Waals surface area (Å²) in [6, 6.07) is 88.6. The lowest BCUT2D eigenvalue weighted by Gasteiger charge is -2.45. The molecule has 0 saturated carbocycles. The minimum absolute atomic E-state index is 0.00496. The first-order chi connectivity index (χ1) is 38.7. The van der Waals surface area contributed by atoms with Gasteiger partial charge in [0.15, 0.2) is 0 Å². The molecule has 0 aliphatic carbocycles. The molecule has 0 radical (unpaired) electrons. The van der Waals surface area contributed by atoms with Crippen LogP contribution in [-0.4, -0.2) is 6.71 Å². The van der Waals surface area contributed by atoms with Crippen molar-refractivity contribution < 1.29 is 0 Å². The quantitative estimate of drug-likeness (QED) is 0.134. The molecule has 0 unspecified atom stereocenters. The molecule has 2 heterocycles. The Morgan fingerprint density at radius 2 is 0.728 bits per heavy atom. The van der Waals surface area contributed by atoms with Gasteiger partial charge in [-0.15, -0.1) is 0 Å². The van der Waals surface area contributed by atoms with Gasteiger partial charge in [0.2, 0.25) is 0 Å². The molecule has 2 aliphatic heterocycles. The number of anilines is 12. The fourth-order valence-electron chi connectivity index (χ4n) is 12.4. The first-order valence-electron chi connectivity index (χ1n) is 29.0. The van der Waals surface area contributed by atoms with Crippen LogP contribution in [0, 0.1) is 0 Å². The molecule has 4 nitrogen and oxygen atoms in total. The van der Waals surface area contributed by atoms with E-state index in [4.69, 9.17) is 0 Å². The summed E-state index contributed by atoms with van der Waals surface area (Å²) >= 11 is 0. The van der Waals surface area contributed by atoms with Crippen molar-refractivity contribution in [3.05, 3.63) is 259 Å². The van der Waals surface area contributed by atoms with E-state index in [2.05, 4.69) is 339 Å². The monoisotopic (exact) mass is 1050 g/mol. The molecule has 0 N–H and O–H groups in total. The van der Waals surface area contributed by atoms with Gasteiger partial charge in [0.25, 0.3) is 6.71 Å². The van der Waals surface area contributed by atoms with Crippen LogP contribution in [0.3, 0.4) is 0 Å². The van der Waals surface area contributed by atoms with Crippen LogP contribution < -0.4 is 36.0 Å². The van der Waals surface area contributed by atoms with Gasteiger partial charge in [0.1, 0.15) is 0 Å². The second kappa shape index (κ2) is 20.2. The zero-order valence-corrected chi connectivity index (χ0v) is 49.4. The van der Waals surface area contributed by atoms with Crippen LogP contribution in [0.15, 0.2) is 237 Å². The van der Waals surface area contributed by atoms with E-state index >= 15 is 0 Å². The average molecular weight is 1060 g/mol. The highest BCUT2D eigenvalue weighted by Gasteiger charge is 2.44. The Morgan fingerprint density at radius 3 is 1.17 bits per heavy atom. The summed E-state index contributed by atoms with van der Waals surface area (Å²) in [6.45, 7) is 27.9. The summed E-state index contributed by atoms with van der Waals surface area (Å²) in [5.74, 6) is 0. The number of nitrogens with zero attached hydrogens (tertiary/aromatic N) is 4. The number of fused-ring (bicyclic) bond motifs is 4. The molecule has 10 aromatic rings. The molecule has 0 fully saturated rings. The highest BCUT2D eigenvalue weighted by Crippen LogP contribution is 2.51. The summed E-state index contributed by atoms with van der Waals surface area (Å²) in [5.41, 5.74) is 24.9. The molecule has 0 atom stereocenters. The third-order valence-corrected chi connectivity index (χ3v) is 16.6. The Balaban J connectivity index is 1.17. The van der Waals surface area contributed by atoms with Gasteiger partial charge in [0.05, 0.1) is 5.69 Å². The SMILES string of the molecule is CC(C)(C)c1ccc(N2c3cc(N(c4ccccc4)c4ccccc4)ccc3B3c4ccc(N(c5ccccc5)c5ccccc5)cc4N(c4ccc(C(C)(C)C)cc4-c4ccc(C(C)(C)C)c(C(C)(C)C)c4)c4cccc2c43)cc1. The molecular weight excluding hydrogens is 980 g/mol. The zero-order chi connectivity index (χ0) is 56.6. The van der Waals surface area contributed by atoms with Crippen molar-refractivity contribution in [2.75, 3.05) is 19.6 Å². The fourth-order valence-corrected chi connectivity index (χ4v) is 12.4. The van der Waals surface area contributed by atoms with Gasteiger partial charge < -0.3 is 19.6 Å². The molecule has 10 aromatic carbocycles. The Bertz CT molecular complexity index is 3840. The standard InChI is InChI=1S/C76H75BN4/c1-73(2,3)53-37-40-59(41-38-53)80-68-34-25-35-69-72(68)77(65-45-42-60(50-70(65)80)78(55-26-17-13-18-27-55)56-28-19-14-20-29-56)66-46-43-61(79(57-30-21-15-22-31-57)58-32-23-16-24-33-58)51-71(66)81(69)67-47-39-54(74(4,5)6)49-62(67)52-36-44-63(75(7,8)9)64(48-52)76(10,11)12/h13-51H,1-12H3. The smallest absolute Gasteiger partial charge is 0.252 e. The van der Waals surface area contributed by atoms with E-state index in [-0.39, 0.29) is 28.4 Å². The molecule has 2 aliphatic rings. The Hall–Kier alpha value is -8.54. The second-order valence-corrected chi connectivity index (χ2v) is 26.4. The van der Waals surface area contributed by atoms with Gasteiger partial charge in [-0.3, -0.25) is 0 Å². The van der Waals surface area contributed by atoms with E-state index in [9.17, 15) is 0 Å². The number of hydrogen-bond acceptors (Lipinski definition) is 4. The van der Waals surface area contributed by atoms with Crippen molar-refractivity contribution in [2.24, 2.45) is 0 Å². The van der Waals surface area contributed by atoms with E-state index < -0.39 is 0 Å². The lowest BCUT2D eigenvalue weighted by atomic mass is 9.33. The third kappa shape index (κ3) is 9.81. The van der Waals surface area contributed by atoms with Crippen LogP contribution in [0.25, 0.3) is 11.1 Å². The van der Waals surface area contributed by atoms with Crippen LogP contribution in [0.4, 0.5) is 68.2 Å². The summed E-state index contributed by atoms with van der Waals surface area (Å²) in [7, 11) is 0. The summed E-state index contributed by atoms with van der Waals surface area (Å²) in [4.78, 5) is 9.95. The molecule has 12 rings (SSSR count). The van der Waals surface area contributed by atoms with Gasteiger partial charge in [-0.2, -0.15) is 0 Å². The third-order valence-electron chi connectivity index (χ3n) is 16.6. The van der Waals surface area contributed by atoms with Gasteiger partial charge in [0, 0.05) is 68.1 Å². The predicted octanol–water partition coefficient (Wildman–Crippen LogP) is 19.6. The van der Waals surface area contributed by atoms with Gasteiger partial charge >= 0.3 is 0 Å². The highest BCUT2D eigenvalue weighted by atomic mass is 15.2. The summed E-state index contributed by atoms with van der Waals surface area (Å²) in [5, 5.41) is 0. The minimum atomic E-state index is -0.106. The fraction of sp³-hybridized carbons (Fsp3) is 0.211. The van der Waals surface area contributed by atoms with Crippen molar-refractivity contribution >= 4 is 91.3 Å². The Morgan fingerprint density at radius 1 is 0.296 bits per heavy atom. The van der Waals surface area contributed by atoms with E-state index in [0.717, 1.165) is 56.9 Å². The maximum Gasteiger partial charge on any atom is 0.252 e. The second-order valence-electron chi connectivity index (χ2n) is 26.4. The number of para-hydroxylation sites is 4. The summed E-state index contributed by atoms with van der Waals surface area (Å²) in [6.07, 6.45) is 0. The molecule has 402 valence electrons. The topological polar surface area (TPSA) is 13.0 Å². The van der Waals surface area contributed by atoms with E-state index in [1.807, 2.05) is 0 Å². The normalized spacial score (nSPS) is 13.1. The molecule has 0 bridgehead atoms. The zero-order valence-electron chi connectivity index (χ0n) is 49.4. The first-order valence-corrected chi connectivity index (χ1v) is 29.0. The largest absolute Gasteiger partial charge is 0.311 e. The van der Waals surface area contributed by atoms with E-state index in [0.29, 0.717) is 0 Å². The lowest BCUT2D eigenvalue weighted by molar-refractivity contribution is 0.530. The van der Waals surface area contributed by atoms with E-state index in [1.165, 1.54) is 61.1 Å². The lowest BCUT2D eigenvalue weighted by Crippen LogP contribution is -2.61. The van der Waals surface area contributed by atoms with Crippen LogP contribution in [0.5, 0.6) is 0 Å². The highest BCUT2D eigenvalue weighted by molar-refractivity contribution is 7.00. The van der Waals surface area contributed by atoms with Crippen molar-refractivity contribution in [2.45, 2.75) is 105 Å². The van der Waals surface area contributed by atoms with Gasteiger partial charge in [-0.25, -0.2) is 0 Å². The van der Waals surface area contributed by atoms with Crippen LogP contribution in [0.1, 0.15) is 105 Å². The maximum absolute atomic E-state index is 2.62. The number of benzene rings is 10. The molecule has 0 saturated heterocycles. The van der Waals surface area contributed by atoms with Crippen molar-refractivity contribution in [3.63, 3.8) is 0 Å². The first kappa shape index (κ1) is 53.1.